The van der Waals surface area contributed by atoms with Crippen molar-refractivity contribution >= 4 is 0 Å². The first-order valence-corrected chi connectivity index (χ1v) is 8.48. The monoisotopic (exact) mass is 292 g/mol. The molecule has 0 bridgehead atoms. The summed E-state index contributed by atoms with van der Waals surface area (Å²) in [6, 6.07) is 0. The number of aliphatic hydroxyl groups is 2. The van der Waals surface area contributed by atoms with Crippen molar-refractivity contribution in [2.24, 2.45) is 23.2 Å². The molecule has 2 aliphatic rings. The van der Waals surface area contributed by atoms with Crippen molar-refractivity contribution in [1.29, 1.82) is 0 Å². The Kier molecular flexibility index (Phi) is 4.99. The second-order valence-corrected chi connectivity index (χ2v) is 7.80. The zero-order chi connectivity index (χ0) is 15.7. The molecule has 5 atom stereocenters. The number of hydrogen-bond acceptors (Lipinski definition) is 2. The van der Waals surface area contributed by atoms with Crippen molar-refractivity contribution in [2.45, 2.75) is 64.4 Å². The van der Waals surface area contributed by atoms with Gasteiger partial charge >= 0.3 is 0 Å². The highest BCUT2D eigenvalue weighted by molar-refractivity contribution is 5.15. The van der Waals surface area contributed by atoms with Gasteiger partial charge in [0.25, 0.3) is 0 Å². The zero-order valence-corrected chi connectivity index (χ0v) is 13.8. The fourth-order valence-corrected chi connectivity index (χ4v) is 4.94. The van der Waals surface area contributed by atoms with Crippen LogP contribution in [0.15, 0.2) is 24.8 Å². The molecule has 2 heteroatoms. The van der Waals surface area contributed by atoms with E-state index >= 15 is 0 Å². The average molecular weight is 292 g/mol. The van der Waals surface area contributed by atoms with E-state index in [2.05, 4.69) is 20.1 Å². The smallest absolute Gasteiger partial charge is 0.0797 e. The molecule has 2 aliphatic carbocycles. The molecule has 0 heterocycles. The number of hydrogen-bond donors (Lipinski definition) is 2. The van der Waals surface area contributed by atoms with E-state index < -0.39 is 5.60 Å². The highest BCUT2D eigenvalue weighted by Gasteiger charge is 2.49. The van der Waals surface area contributed by atoms with Gasteiger partial charge in [0, 0.05) is 6.61 Å². The van der Waals surface area contributed by atoms with Crippen LogP contribution in [0.2, 0.25) is 0 Å². The maximum atomic E-state index is 10.2. The fourth-order valence-electron chi connectivity index (χ4n) is 4.94. The van der Waals surface area contributed by atoms with Gasteiger partial charge in [0.2, 0.25) is 0 Å². The molecule has 0 saturated heterocycles. The molecule has 2 rings (SSSR count). The SMILES string of the molecule is C=C[C@](C)(O)CC[C@H]1C(=C)CC[C@@H]2[C@@H](CO)CCC[C@@]21C. The maximum Gasteiger partial charge on any atom is 0.0797 e. The Morgan fingerprint density at radius 3 is 2.76 bits per heavy atom. The minimum atomic E-state index is -0.783. The second-order valence-electron chi connectivity index (χ2n) is 7.80. The van der Waals surface area contributed by atoms with E-state index in [-0.39, 0.29) is 5.41 Å². The normalized spacial score (nSPS) is 39.4. The van der Waals surface area contributed by atoms with E-state index in [9.17, 15) is 10.2 Å². The van der Waals surface area contributed by atoms with Gasteiger partial charge in [-0.1, -0.05) is 31.6 Å². The maximum absolute atomic E-state index is 10.2. The van der Waals surface area contributed by atoms with Gasteiger partial charge < -0.3 is 10.2 Å². The Labute approximate surface area is 130 Å². The van der Waals surface area contributed by atoms with E-state index in [0.717, 1.165) is 19.3 Å². The molecule has 0 unspecified atom stereocenters. The second kappa shape index (κ2) is 6.26. The van der Waals surface area contributed by atoms with Crippen LogP contribution < -0.4 is 0 Å². The molecular weight excluding hydrogens is 260 g/mol. The third kappa shape index (κ3) is 3.27. The molecular formula is C19H32O2. The minimum absolute atomic E-state index is 0.248. The Balaban J connectivity index is 2.17. The van der Waals surface area contributed by atoms with Gasteiger partial charge in [-0.2, -0.15) is 0 Å². The van der Waals surface area contributed by atoms with E-state index in [1.165, 1.54) is 31.3 Å². The number of allylic oxidation sites excluding steroid dienone is 1. The average Bonchev–Trinajstić information content (AvgIpc) is 2.45. The van der Waals surface area contributed by atoms with E-state index in [4.69, 9.17) is 0 Å². The predicted octanol–water partition coefficient (Wildman–Crippen LogP) is 4.08. The lowest BCUT2D eigenvalue weighted by atomic mass is 9.50. The van der Waals surface area contributed by atoms with Crippen molar-refractivity contribution in [1.82, 2.24) is 0 Å². The van der Waals surface area contributed by atoms with Crippen molar-refractivity contribution in [3.8, 4) is 0 Å². The Morgan fingerprint density at radius 1 is 1.43 bits per heavy atom. The van der Waals surface area contributed by atoms with Gasteiger partial charge in [0.15, 0.2) is 0 Å². The van der Waals surface area contributed by atoms with Gasteiger partial charge in [-0.3, -0.25) is 0 Å². The largest absolute Gasteiger partial charge is 0.396 e. The van der Waals surface area contributed by atoms with Crippen molar-refractivity contribution in [2.75, 3.05) is 6.61 Å². The molecule has 0 spiro atoms. The molecule has 0 aliphatic heterocycles. The summed E-state index contributed by atoms with van der Waals surface area (Å²) >= 11 is 0. The first-order valence-electron chi connectivity index (χ1n) is 8.48. The summed E-state index contributed by atoms with van der Waals surface area (Å²) in [6.45, 7) is 12.6. The minimum Gasteiger partial charge on any atom is -0.396 e. The topological polar surface area (TPSA) is 40.5 Å². The Bertz CT molecular complexity index is 398. The molecule has 0 aromatic rings. The zero-order valence-electron chi connectivity index (χ0n) is 13.8. The van der Waals surface area contributed by atoms with Crippen LogP contribution in [0.25, 0.3) is 0 Å². The Morgan fingerprint density at radius 2 is 2.14 bits per heavy atom. The Hall–Kier alpha value is -0.600. The van der Waals surface area contributed by atoms with Crippen LogP contribution in [0.5, 0.6) is 0 Å². The summed E-state index contributed by atoms with van der Waals surface area (Å²) < 4.78 is 0. The lowest BCUT2D eigenvalue weighted by Crippen LogP contribution is -2.47. The van der Waals surface area contributed by atoms with Crippen LogP contribution >= 0.6 is 0 Å². The summed E-state index contributed by atoms with van der Waals surface area (Å²) in [4.78, 5) is 0. The highest BCUT2D eigenvalue weighted by Crippen LogP contribution is 2.58. The highest BCUT2D eigenvalue weighted by atomic mass is 16.3. The van der Waals surface area contributed by atoms with E-state index in [1.807, 2.05) is 6.92 Å². The van der Waals surface area contributed by atoms with Crippen LogP contribution in [-0.4, -0.2) is 22.4 Å². The molecule has 21 heavy (non-hydrogen) atoms. The summed E-state index contributed by atoms with van der Waals surface area (Å²) in [6.07, 6.45) is 9.23. The fraction of sp³-hybridized carbons (Fsp3) is 0.789. The standard InChI is InChI=1S/C19H32O2/c1-5-18(3,21)12-10-16-14(2)8-9-17-15(13-20)7-6-11-19(16,17)4/h5,15-17,20-21H,1-2,6-13H2,3-4H3/t15-,16+,17-,18+,19-/m1/s1. The molecule has 0 radical (unpaired) electrons. The van der Waals surface area contributed by atoms with E-state index in [1.54, 1.807) is 6.08 Å². The lowest BCUT2D eigenvalue weighted by molar-refractivity contribution is -0.0367. The van der Waals surface area contributed by atoms with Gasteiger partial charge in [-0.15, -0.1) is 6.58 Å². The third-order valence-electron chi connectivity index (χ3n) is 6.39. The molecule has 0 aromatic carbocycles. The predicted molar refractivity (Wildman–Crippen MR) is 87.9 cm³/mol. The van der Waals surface area contributed by atoms with Crippen LogP contribution in [0.4, 0.5) is 0 Å². The summed E-state index contributed by atoms with van der Waals surface area (Å²) in [5, 5.41) is 19.9. The summed E-state index contributed by atoms with van der Waals surface area (Å²) in [7, 11) is 0. The quantitative estimate of drug-likeness (QED) is 0.749. The number of fused-ring (bicyclic) bond motifs is 1. The van der Waals surface area contributed by atoms with E-state index in [0.29, 0.717) is 24.4 Å². The molecule has 120 valence electrons. The third-order valence-corrected chi connectivity index (χ3v) is 6.39. The van der Waals surface area contributed by atoms with Crippen LogP contribution in [0.3, 0.4) is 0 Å². The molecule has 0 amide bonds. The summed E-state index contributed by atoms with van der Waals surface area (Å²) in [5.74, 6) is 1.54. The lowest BCUT2D eigenvalue weighted by Gasteiger charge is -2.54. The molecule has 0 aromatic heterocycles. The van der Waals surface area contributed by atoms with Crippen molar-refractivity contribution < 1.29 is 10.2 Å². The van der Waals surface area contributed by atoms with Crippen molar-refractivity contribution in [3.05, 3.63) is 24.8 Å². The number of rotatable bonds is 5. The van der Waals surface area contributed by atoms with Gasteiger partial charge in [-0.05, 0) is 68.6 Å². The molecule has 2 fully saturated rings. The summed E-state index contributed by atoms with van der Waals surface area (Å²) in [5.41, 5.74) is 0.819. The van der Waals surface area contributed by atoms with Crippen LogP contribution in [0.1, 0.15) is 58.8 Å². The van der Waals surface area contributed by atoms with Crippen LogP contribution in [-0.2, 0) is 0 Å². The van der Waals surface area contributed by atoms with Gasteiger partial charge in [0.1, 0.15) is 0 Å². The van der Waals surface area contributed by atoms with Gasteiger partial charge in [0.05, 0.1) is 5.60 Å². The first kappa shape index (κ1) is 16.8. The number of aliphatic hydroxyl groups excluding tert-OH is 1. The van der Waals surface area contributed by atoms with Gasteiger partial charge in [-0.25, -0.2) is 0 Å². The van der Waals surface area contributed by atoms with Crippen LogP contribution in [0, 0.1) is 23.2 Å². The first-order chi connectivity index (χ1) is 9.84. The molecule has 2 N–H and O–H groups in total. The molecule has 2 saturated carbocycles. The molecule has 2 nitrogen and oxygen atoms in total. The van der Waals surface area contributed by atoms with Crippen molar-refractivity contribution in [3.63, 3.8) is 0 Å².